The molecule has 0 aliphatic rings. The summed E-state index contributed by atoms with van der Waals surface area (Å²) in [6.45, 7) is 5.94. The van der Waals surface area contributed by atoms with Crippen LogP contribution in [-0.4, -0.2) is 0 Å². The molecule has 0 amide bonds. The van der Waals surface area contributed by atoms with Crippen molar-refractivity contribution in [3.63, 3.8) is 0 Å². The summed E-state index contributed by atoms with van der Waals surface area (Å²) in [6.07, 6.45) is 2.43. The lowest BCUT2D eigenvalue weighted by atomic mass is 9.95. The minimum Gasteiger partial charge on any atom is -0.296 e. The van der Waals surface area contributed by atoms with Gasteiger partial charge in [-0.15, -0.1) is 0 Å². The summed E-state index contributed by atoms with van der Waals surface area (Å²) >= 11 is 0. The summed E-state index contributed by atoms with van der Waals surface area (Å²) in [7, 11) is 0. The molecule has 0 aromatic heterocycles. The maximum absolute atomic E-state index is 5.49. The third kappa shape index (κ3) is 3.11. The SMILES string of the molecule is C=Cc1ccccc1C(Cc1ccccc1C)ON. The number of hydrogen-bond acceptors (Lipinski definition) is 2. The Morgan fingerprint density at radius 1 is 1.16 bits per heavy atom. The molecule has 0 fully saturated rings. The van der Waals surface area contributed by atoms with E-state index < -0.39 is 0 Å². The fourth-order valence-corrected chi connectivity index (χ4v) is 2.26. The first-order chi connectivity index (χ1) is 9.26. The van der Waals surface area contributed by atoms with Gasteiger partial charge in [-0.3, -0.25) is 4.84 Å². The highest BCUT2D eigenvalue weighted by molar-refractivity contribution is 5.52. The van der Waals surface area contributed by atoms with Crippen molar-refractivity contribution in [2.75, 3.05) is 0 Å². The zero-order chi connectivity index (χ0) is 13.7. The van der Waals surface area contributed by atoms with Gasteiger partial charge in [0.1, 0.15) is 6.10 Å². The first-order valence-electron chi connectivity index (χ1n) is 6.37. The Bertz CT molecular complexity index is 563. The first kappa shape index (κ1) is 13.5. The molecule has 0 radical (unpaired) electrons. The molecule has 0 heterocycles. The van der Waals surface area contributed by atoms with Gasteiger partial charge in [-0.05, 0) is 29.2 Å². The second kappa shape index (κ2) is 6.32. The smallest absolute Gasteiger partial charge is 0.108 e. The molecule has 2 nitrogen and oxygen atoms in total. The van der Waals surface area contributed by atoms with E-state index >= 15 is 0 Å². The molecule has 1 atom stereocenters. The number of rotatable bonds is 5. The molecule has 2 rings (SSSR count). The van der Waals surface area contributed by atoms with Gasteiger partial charge >= 0.3 is 0 Å². The largest absolute Gasteiger partial charge is 0.296 e. The van der Waals surface area contributed by atoms with E-state index in [1.165, 1.54) is 11.1 Å². The number of aryl methyl sites for hydroxylation is 1. The highest BCUT2D eigenvalue weighted by Crippen LogP contribution is 2.26. The van der Waals surface area contributed by atoms with Crippen molar-refractivity contribution in [3.8, 4) is 0 Å². The first-order valence-corrected chi connectivity index (χ1v) is 6.37. The molecule has 2 heteroatoms. The fraction of sp³-hybridized carbons (Fsp3) is 0.176. The quantitative estimate of drug-likeness (QED) is 0.822. The summed E-state index contributed by atoms with van der Waals surface area (Å²) in [5, 5.41) is 0. The Kier molecular flexibility index (Phi) is 4.50. The van der Waals surface area contributed by atoms with Crippen molar-refractivity contribution in [2.45, 2.75) is 19.4 Å². The Hall–Kier alpha value is -1.90. The lowest BCUT2D eigenvalue weighted by Crippen LogP contribution is -2.13. The van der Waals surface area contributed by atoms with Crippen LogP contribution in [0.3, 0.4) is 0 Å². The van der Waals surface area contributed by atoms with Crippen LogP contribution in [0, 0.1) is 6.92 Å². The second-order valence-corrected chi connectivity index (χ2v) is 4.59. The predicted molar refractivity (Wildman–Crippen MR) is 79.4 cm³/mol. The molecule has 2 aromatic carbocycles. The standard InChI is InChI=1S/C17H19NO/c1-3-14-9-6-7-11-16(14)17(19-18)12-15-10-5-4-8-13(15)2/h3-11,17H,1,12,18H2,2H3. The average Bonchev–Trinajstić information content (AvgIpc) is 2.46. The second-order valence-electron chi connectivity index (χ2n) is 4.59. The molecule has 0 aliphatic heterocycles. The van der Waals surface area contributed by atoms with Gasteiger partial charge in [-0.25, -0.2) is 5.90 Å². The van der Waals surface area contributed by atoms with Gasteiger partial charge in [0.15, 0.2) is 0 Å². The van der Waals surface area contributed by atoms with Gasteiger partial charge in [0.2, 0.25) is 0 Å². The summed E-state index contributed by atoms with van der Waals surface area (Å²) in [4.78, 5) is 5.19. The summed E-state index contributed by atoms with van der Waals surface area (Å²) in [5.41, 5.74) is 4.63. The van der Waals surface area contributed by atoms with Crippen LogP contribution in [0.2, 0.25) is 0 Å². The molecule has 0 bridgehead atoms. The molecule has 19 heavy (non-hydrogen) atoms. The normalized spacial score (nSPS) is 12.1. The molecular formula is C17H19NO. The van der Waals surface area contributed by atoms with Gasteiger partial charge in [-0.1, -0.05) is 61.2 Å². The zero-order valence-electron chi connectivity index (χ0n) is 11.2. The van der Waals surface area contributed by atoms with E-state index in [4.69, 9.17) is 10.7 Å². The van der Waals surface area contributed by atoms with Crippen LogP contribution in [0.25, 0.3) is 6.08 Å². The predicted octanol–water partition coefficient (Wildman–Crippen LogP) is 3.81. The highest BCUT2D eigenvalue weighted by atomic mass is 16.6. The van der Waals surface area contributed by atoms with Gasteiger partial charge in [0.25, 0.3) is 0 Å². The molecule has 98 valence electrons. The number of hydrogen-bond donors (Lipinski definition) is 1. The highest BCUT2D eigenvalue weighted by Gasteiger charge is 2.15. The number of nitrogens with two attached hydrogens (primary N) is 1. The van der Waals surface area contributed by atoms with E-state index in [9.17, 15) is 0 Å². The van der Waals surface area contributed by atoms with Crippen molar-refractivity contribution < 1.29 is 4.84 Å². The van der Waals surface area contributed by atoms with Crippen molar-refractivity contribution >= 4 is 6.08 Å². The Labute approximate surface area is 114 Å². The topological polar surface area (TPSA) is 35.2 Å². The van der Waals surface area contributed by atoms with Gasteiger partial charge in [-0.2, -0.15) is 0 Å². The maximum atomic E-state index is 5.49. The fourth-order valence-electron chi connectivity index (χ4n) is 2.26. The minimum absolute atomic E-state index is 0.157. The van der Waals surface area contributed by atoms with Gasteiger partial charge < -0.3 is 0 Å². The molecule has 2 N–H and O–H groups in total. The molecule has 0 saturated heterocycles. The van der Waals surface area contributed by atoms with Crippen LogP contribution in [-0.2, 0) is 11.3 Å². The van der Waals surface area contributed by atoms with Crippen molar-refractivity contribution in [1.82, 2.24) is 0 Å². The molecule has 0 aliphatic carbocycles. The Morgan fingerprint density at radius 2 is 1.84 bits per heavy atom. The van der Waals surface area contributed by atoms with E-state index in [0.717, 1.165) is 17.5 Å². The molecule has 2 aromatic rings. The van der Waals surface area contributed by atoms with E-state index in [2.05, 4.69) is 25.6 Å². The minimum atomic E-state index is -0.157. The van der Waals surface area contributed by atoms with Crippen molar-refractivity contribution in [3.05, 3.63) is 77.4 Å². The van der Waals surface area contributed by atoms with Gasteiger partial charge in [0, 0.05) is 6.42 Å². The van der Waals surface area contributed by atoms with E-state index in [-0.39, 0.29) is 6.10 Å². The molecular weight excluding hydrogens is 234 g/mol. The van der Waals surface area contributed by atoms with Crippen molar-refractivity contribution in [2.24, 2.45) is 5.90 Å². The third-order valence-electron chi connectivity index (χ3n) is 3.39. The van der Waals surface area contributed by atoms with Gasteiger partial charge in [0.05, 0.1) is 0 Å². The molecule has 0 spiro atoms. The van der Waals surface area contributed by atoms with E-state index in [0.29, 0.717) is 0 Å². The van der Waals surface area contributed by atoms with Crippen molar-refractivity contribution in [1.29, 1.82) is 0 Å². The van der Waals surface area contributed by atoms with Crippen LogP contribution in [0.4, 0.5) is 0 Å². The van der Waals surface area contributed by atoms with Crippen LogP contribution >= 0.6 is 0 Å². The summed E-state index contributed by atoms with van der Waals surface area (Å²) in [6, 6.07) is 16.3. The molecule has 1 unspecified atom stereocenters. The van der Waals surface area contributed by atoms with Crippen LogP contribution in [0.5, 0.6) is 0 Å². The van der Waals surface area contributed by atoms with E-state index in [1.54, 1.807) is 0 Å². The molecule has 0 saturated carbocycles. The lowest BCUT2D eigenvalue weighted by Gasteiger charge is -2.18. The summed E-state index contributed by atoms with van der Waals surface area (Å²) in [5.74, 6) is 5.49. The van der Waals surface area contributed by atoms with E-state index in [1.807, 2.05) is 42.5 Å². The zero-order valence-corrected chi connectivity index (χ0v) is 11.2. The third-order valence-corrected chi connectivity index (χ3v) is 3.39. The Balaban J connectivity index is 2.30. The Morgan fingerprint density at radius 3 is 2.53 bits per heavy atom. The average molecular weight is 253 g/mol. The summed E-state index contributed by atoms with van der Waals surface area (Å²) < 4.78 is 0. The number of benzene rings is 2. The lowest BCUT2D eigenvalue weighted by molar-refractivity contribution is 0.0527. The van der Waals surface area contributed by atoms with Crippen LogP contribution in [0.15, 0.2) is 55.1 Å². The maximum Gasteiger partial charge on any atom is 0.108 e. The van der Waals surface area contributed by atoms with Crippen LogP contribution in [0.1, 0.15) is 28.4 Å². The monoisotopic (exact) mass is 253 g/mol. The van der Waals surface area contributed by atoms with Crippen LogP contribution < -0.4 is 5.90 Å².